The zero-order chi connectivity index (χ0) is 10.8. The van der Waals surface area contributed by atoms with E-state index in [4.69, 9.17) is 10.5 Å². The maximum absolute atomic E-state index is 11.1. The van der Waals surface area contributed by atoms with Crippen molar-refractivity contribution < 1.29 is 9.53 Å². The van der Waals surface area contributed by atoms with Crippen LogP contribution in [0.15, 0.2) is 0 Å². The van der Waals surface area contributed by atoms with Gasteiger partial charge in [0.15, 0.2) is 0 Å². The van der Waals surface area contributed by atoms with Crippen LogP contribution in [0.5, 0.6) is 0 Å². The molecule has 0 radical (unpaired) electrons. The normalized spacial score (nSPS) is 25.7. The molecule has 0 aromatic heterocycles. The van der Waals surface area contributed by atoms with Crippen LogP contribution in [0, 0.1) is 12.0 Å². The Morgan fingerprint density at radius 1 is 1.50 bits per heavy atom. The molecule has 1 aliphatic carbocycles. The van der Waals surface area contributed by atoms with Crippen LogP contribution in [0.1, 0.15) is 33.6 Å². The summed E-state index contributed by atoms with van der Waals surface area (Å²) in [7, 11) is 0. The van der Waals surface area contributed by atoms with Gasteiger partial charge in [-0.25, -0.2) is 0 Å². The molecule has 0 heterocycles. The number of amides is 1. The topological polar surface area (TPSA) is 56.7 Å². The van der Waals surface area contributed by atoms with Gasteiger partial charge in [0.1, 0.15) is 5.60 Å². The van der Waals surface area contributed by atoms with Crippen LogP contribution in [0.3, 0.4) is 0 Å². The Balaban J connectivity index is 2.33. The van der Waals surface area contributed by atoms with Crippen molar-refractivity contribution in [2.45, 2.75) is 45.3 Å². The van der Waals surface area contributed by atoms with Gasteiger partial charge < -0.3 is 10.5 Å². The molecule has 1 rings (SSSR count). The molecule has 0 atom stereocenters. The number of nitrogens with zero attached hydrogens (tertiary/aromatic N) is 1. The molecule has 0 aliphatic heterocycles. The predicted octanol–water partition coefficient (Wildman–Crippen LogP) is 1.99. The van der Waals surface area contributed by atoms with Crippen molar-refractivity contribution in [1.82, 2.24) is 0 Å². The van der Waals surface area contributed by atoms with E-state index in [9.17, 15) is 4.79 Å². The molecule has 78 valence electrons. The lowest BCUT2D eigenvalue weighted by Gasteiger charge is -2.23. The second kappa shape index (κ2) is 3.97. The number of carbonyl (C=O) groups is 1. The van der Waals surface area contributed by atoms with Crippen molar-refractivity contribution >= 4 is 6.09 Å². The summed E-state index contributed by atoms with van der Waals surface area (Å²) in [6.07, 6.45) is 1.16. The molecule has 0 aromatic rings. The van der Waals surface area contributed by atoms with Gasteiger partial charge in [0, 0.05) is 6.04 Å². The van der Waals surface area contributed by atoms with Crippen molar-refractivity contribution in [3.05, 3.63) is 4.85 Å². The zero-order valence-electron chi connectivity index (χ0n) is 8.91. The first-order valence-corrected chi connectivity index (χ1v) is 4.81. The fraction of sp³-hybridized carbons (Fsp3) is 0.800. The second-order valence-corrected chi connectivity index (χ2v) is 4.65. The Labute approximate surface area is 84.2 Å². The minimum absolute atomic E-state index is 0.234. The molecule has 0 saturated heterocycles. The lowest BCUT2D eigenvalue weighted by atomic mass is 9.82. The fourth-order valence-corrected chi connectivity index (χ4v) is 1.20. The minimum Gasteiger partial charge on any atom is -0.392 e. The number of rotatable bonds is 0. The molecule has 1 fully saturated rings. The van der Waals surface area contributed by atoms with E-state index in [1.807, 2.05) is 0 Å². The third kappa shape index (κ3) is 3.75. The maximum atomic E-state index is 11.1. The predicted molar refractivity (Wildman–Crippen MR) is 54.2 cm³/mol. The summed E-state index contributed by atoms with van der Waals surface area (Å²) in [6, 6.07) is 2.99. The summed E-state index contributed by atoms with van der Waals surface area (Å²) in [6.45, 7) is 5.42. The summed E-state index contributed by atoms with van der Waals surface area (Å²) < 4.78 is 4.98. The minimum atomic E-state index is -0.571. The first kappa shape index (κ1) is 11.0. The zero-order valence-corrected chi connectivity index (χ0v) is 8.91. The average molecular weight is 197 g/mol. The lowest BCUT2D eigenvalue weighted by Crippen LogP contribution is -2.35. The van der Waals surface area contributed by atoms with Gasteiger partial charge in [-0.2, -0.15) is 4.79 Å². The smallest absolute Gasteiger partial charge is 0.392 e. The Morgan fingerprint density at radius 2 is 2.07 bits per heavy atom. The molecule has 0 aromatic carbocycles. The molecule has 14 heavy (non-hydrogen) atoms. The average Bonchev–Trinajstić information content (AvgIpc) is 1.92. The lowest BCUT2D eigenvalue weighted by molar-refractivity contribution is 0.0664. The third-order valence-electron chi connectivity index (χ3n) is 1.91. The monoisotopic (exact) mass is 197 g/mol. The van der Waals surface area contributed by atoms with Crippen molar-refractivity contribution in [2.24, 2.45) is 11.7 Å². The van der Waals surface area contributed by atoms with Crippen LogP contribution < -0.4 is 5.73 Å². The highest BCUT2D eigenvalue weighted by atomic mass is 16.6. The molecule has 0 bridgehead atoms. The van der Waals surface area contributed by atoms with Gasteiger partial charge in [0.25, 0.3) is 6.07 Å². The van der Waals surface area contributed by atoms with Gasteiger partial charge >= 0.3 is 6.09 Å². The Hall–Kier alpha value is -1.08. The van der Waals surface area contributed by atoms with Gasteiger partial charge in [0.05, 0.1) is 10.8 Å². The van der Waals surface area contributed by atoms with Crippen LogP contribution in [-0.2, 0) is 4.74 Å². The van der Waals surface area contributed by atoms with E-state index in [0.717, 1.165) is 12.8 Å². The third-order valence-corrected chi connectivity index (χ3v) is 1.91. The summed E-state index contributed by atoms with van der Waals surface area (Å²) in [4.78, 5) is 14.7. The van der Waals surface area contributed by atoms with E-state index in [0.29, 0.717) is 0 Å². The first-order chi connectivity index (χ1) is 6.37. The second-order valence-electron chi connectivity index (χ2n) is 4.65. The van der Waals surface area contributed by atoms with E-state index in [1.54, 1.807) is 20.8 Å². The molecule has 2 N–H and O–H groups in total. The van der Waals surface area contributed by atoms with E-state index in [2.05, 4.69) is 10.9 Å². The van der Waals surface area contributed by atoms with Gasteiger partial charge in [-0.1, -0.05) is 0 Å². The molecular formula is C10H17N2O2+. The Morgan fingerprint density at radius 3 is 2.50 bits per heavy atom. The number of nitrogens with two attached hydrogens (primary N) is 1. The highest BCUT2D eigenvalue weighted by molar-refractivity contribution is 5.79. The van der Waals surface area contributed by atoms with Gasteiger partial charge in [-0.3, -0.25) is 0 Å². The highest BCUT2D eigenvalue weighted by Gasteiger charge is 2.30. The number of ether oxygens (including phenoxy) is 1. The first-order valence-electron chi connectivity index (χ1n) is 4.81. The molecule has 0 spiro atoms. The number of hydrogen-bond donors (Lipinski definition) is 1. The molecular weight excluding hydrogens is 180 g/mol. The van der Waals surface area contributed by atoms with Crippen LogP contribution in [0.2, 0.25) is 0 Å². The molecule has 0 unspecified atom stereocenters. The van der Waals surface area contributed by atoms with E-state index in [1.165, 1.54) is 0 Å². The van der Waals surface area contributed by atoms with Gasteiger partial charge in [0.2, 0.25) is 0 Å². The number of carbonyl (C=O) groups excluding carboxylic acids is 1. The van der Waals surface area contributed by atoms with Gasteiger partial charge in [-0.15, -0.1) is 0 Å². The maximum Gasteiger partial charge on any atom is 0.728 e. The van der Waals surface area contributed by atoms with Crippen LogP contribution in [0.4, 0.5) is 4.79 Å². The standard InChI is InChI=1S/C10H17N2O2/c1-10(2,3)14-9(13)12-6-7-4-8(11)5-7/h7-8H,4-5,11H2,1-3H3/q+1. The molecule has 1 aliphatic rings. The molecule has 1 saturated carbocycles. The fourth-order valence-electron chi connectivity index (χ4n) is 1.20. The van der Waals surface area contributed by atoms with Gasteiger partial charge in [-0.05, 0) is 33.6 Å². The quantitative estimate of drug-likeness (QED) is 0.646. The van der Waals surface area contributed by atoms with Crippen molar-refractivity contribution in [1.29, 1.82) is 0 Å². The highest BCUT2D eigenvalue weighted by Crippen LogP contribution is 2.24. The Kier molecular flexibility index (Phi) is 3.12. The Bertz CT molecular complexity index is 277. The van der Waals surface area contributed by atoms with E-state index in [-0.39, 0.29) is 12.0 Å². The SMILES string of the molecule is CC(C)(C)OC(=O)[N+]#CC1CC(N)C1. The van der Waals surface area contributed by atoms with Crippen molar-refractivity contribution in [3.8, 4) is 6.07 Å². The van der Waals surface area contributed by atoms with Crippen molar-refractivity contribution in [3.63, 3.8) is 0 Å². The summed E-state index contributed by atoms with van der Waals surface area (Å²) in [5, 5.41) is 0. The summed E-state index contributed by atoms with van der Waals surface area (Å²) >= 11 is 0. The van der Waals surface area contributed by atoms with Crippen molar-refractivity contribution in [2.75, 3.05) is 0 Å². The van der Waals surface area contributed by atoms with Crippen LogP contribution in [-0.4, -0.2) is 17.7 Å². The molecule has 4 nitrogen and oxygen atoms in total. The molecule has 1 amide bonds. The summed E-state index contributed by atoms with van der Waals surface area (Å²) in [5.41, 5.74) is 5.09. The van der Waals surface area contributed by atoms with Crippen LogP contribution in [0.25, 0.3) is 4.85 Å². The number of hydrogen-bond acceptors (Lipinski definition) is 3. The van der Waals surface area contributed by atoms with E-state index < -0.39 is 11.7 Å². The summed E-state index contributed by atoms with van der Waals surface area (Å²) in [5.74, 6) is 0.234. The van der Waals surface area contributed by atoms with E-state index >= 15 is 0 Å². The van der Waals surface area contributed by atoms with Crippen LogP contribution >= 0.6 is 0 Å². The largest absolute Gasteiger partial charge is 0.728 e. The molecule has 4 heteroatoms.